The zero-order valence-electron chi connectivity index (χ0n) is 11.3. The van der Waals surface area contributed by atoms with Gasteiger partial charge in [-0.3, -0.25) is 4.79 Å². The molecule has 0 unspecified atom stereocenters. The lowest BCUT2D eigenvalue weighted by atomic mass is 10.1. The van der Waals surface area contributed by atoms with E-state index in [0.29, 0.717) is 25.0 Å². The van der Waals surface area contributed by atoms with Crippen molar-refractivity contribution in [2.24, 2.45) is 0 Å². The van der Waals surface area contributed by atoms with E-state index in [-0.39, 0.29) is 18.5 Å². The van der Waals surface area contributed by atoms with Crippen LogP contribution in [0, 0.1) is 11.6 Å². The Morgan fingerprint density at radius 1 is 1.29 bits per heavy atom. The van der Waals surface area contributed by atoms with Gasteiger partial charge in [0.05, 0.1) is 12.2 Å². The van der Waals surface area contributed by atoms with Crippen LogP contribution >= 0.6 is 0 Å². The number of halogens is 2. The van der Waals surface area contributed by atoms with E-state index in [1.807, 2.05) is 0 Å². The molecule has 0 radical (unpaired) electrons. The van der Waals surface area contributed by atoms with Crippen molar-refractivity contribution in [2.75, 3.05) is 0 Å². The van der Waals surface area contributed by atoms with Gasteiger partial charge in [0.25, 0.3) is 0 Å². The summed E-state index contributed by atoms with van der Waals surface area (Å²) in [7, 11) is 0. The van der Waals surface area contributed by atoms with Gasteiger partial charge in [0.1, 0.15) is 0 Å². The number of aromatic nitrogens is 3. The SMILES string of the molecule is O=C(O)CCCCc1cn(Cc2cccc(F)c2F)nn1. The Hall–Kier alpha value is -2.31. The minimum atomic E-state index is -0.887. The van der Waals surface area contributed by atoms with Gasteiger partial charge in [-0.2, -0.15) is 0 Å². The predicted molar refractivity (Wildman–Crippen MR) is 70.7 cm³/mol. The van der Waals surface area contributed by atoms with E-state index in [1.165, 1.54) is 16.8 Å². The molecule has 0 bridgehead atoms. The maximum atomic E-state index is 13.5. The molecule has 21 heavy (non-hydrogen) atoms. The quantitative estimate of drug-likeness (QED) is 0.796. The predicted octanol–water partition coefficient (Wildman–Crippen LogP) is 2.40. The zero-order valence-corrected chi connectivity index (χ0v) is 11.3. The molecule has 0 saturated heterocycles. The molecule has 2 aromatic rings. The molecule has 0 aliphatic carbocycles. The molecule has 0 amide bonds. The van der Waals surface area contributed by atoms with Gasteiger partial charge in [0.15, 0.2) is 11.6 Å². The van der Waals surface area contributed by atoms with Crippen molar-refractivity contribution in [1.82, 2.24) is 15.0 Å². The Kier molecular flexibility index (Phi) is 4.97. The van der Waals surface area contributed by atoms with Crippen LogP contribution in [0.3, 0.4) is 0 Å². The van der Waals surface area contributed by atoms with E-state index in [0.717, 1.165) is 6.07 Å². The number of unbranched alkanes of at least 4 members (excludes halogenated alkanes) is 1. The Bertz CT molecular complexity index is 628. The Morgan fingerprint density at radius 2 is 2.10 bits per heavy atom. The third-order valence-electron chi connectivity index (χ3n) is 3.02. The summed E-state index contributed by atoms with van der Waals surface area (Å²) in [5, 5.41) is 16.3. The van der Waals surface area contributed by atoms with Crippen molar-refractivity contribution in [3.05, 3.63) is 47.3 Å². The lowest BCUT2D eigenvalue weighted by Crippen LogP contribution is -2.04. The Morgan fingerprint density at radius 3 is 2.86 bits per heavy atom. The first kappa shape index (κ1) is 15.1. The molecular weight excluding hydrogens is 280 g/mol. The first-order valence-electron chi connectivity index (χ1n) is 6.60. The van der Waals surface area contributed by atoms with Crippen molar-refractivity contribution in [3.8, 4) is 0 Å². The number of carboxylic acid groups (broad SMARTS) is 1. The molecule has 1 N–H and O–H groups in total. The molecule has 7 heteroatoms. The molecule has 1 aromatic heterocycles. The average molecular weight is 295 g/mol. The smallest absolute Gasteiger partial charge is 0.303 e. The molecule has 1 aromatic carbocycles. The number of aryl methyl sites for hydroxylation is 1. The highest BCUT2D eigenvalue weighted by Gasteiger charge is 2.09. The van der Waals surface area contributed by atoms with Crippen molar-refractivity contribution in [1.29, 1.82) is 0 Å². The van der Waals surface area contributed by atoms with Crippen molar-refractivity contribution >= 4 is 5.97 Å². The number of nitrogens with zero attached hydrogens (tertiary/aromatic N) is 3. The van der Waals surface area contributed by atoms with Crippen molar-refractivity contribution < 1.29 is 18.7 Å². The van der Waals surface area contributed by atoms with Crippen LogP contribution in [-0.4, -0.2) is 26.1 Å². The molecule has 0 fully saturated rings. The van der Waals surface area contributed by atoms with Crippen LogP contribution in [0.2, 0.25) is 0 Å². The number of benzene rings is 1. The third kappa shape index (κ3) is 4.34. The standard InChI is InChI=1S/C14H15F2N3O2/c15-12-6-3-4-10(14(12)16)8-19-9-11(17-18-19)5-1-2-7-13(20)21/h3-4,6,9H,1-2,5,7-8H2,(H,20,21). The van der Waals surface area contributed by atoms with Crippen LogP contribution in [0.15, 0.2) is 24.4 Å². The molecule has 0 atom stereocenters. The van der Waals surface area contributed by atoms with Gasteiger partial charge in [0, 0.05) is 18.2 Å². The van der Waals surface area contributed by atoms with Crippen LogP contribution < -0.4 is 0 Å². The fourth-order valence-corrected chi connectivity index (χ4v) is 1.96. The van der Waals surface area contributed by atoms with E-state index < -0.39 is 17.6 Å². The molecule has 0 spiro atoms. The fraction of sp³-hybridized carbons (Fsp3) is 0.357. The maximum Gasteiger partial charge on any atom is 0.303 e. The topological polar surface area (TPSA) is 68.0 Å². The van der Waals surface area contributed by atoms with E-state index in [9.17, 15) is 13.6 Å². The van der Waals surface area contributed by atoms with E-state index in [2.05, 4.69) is 10.3 Å². The second-order valence-corrected chi connectivity index (χ2v) is 4.72. The Balaban J connectivity index is 1.91. The Labute approximate surface area is 120 Å². The van der Waals surface area contributed by atoms with E-state index in [1.54, 1.807) is 6.20 Å². The summed E-state index contributed by atoms with van der Waals surface area (Å²) < 4.78 is 28.1. The number of carbonyl (C=O) groups is 1. The summed E-state index contributed by atoms with van der Waals surface area (Å²) in [6.07, 6.45) is 3.66. The van der Waals surface area contributed by atoms with Crippen LogP contribution in [0.1, 0.15) is 30.5 Å². The highest BCUT2D eigenvalue weighted by molar-refractivity contribution is 5.66. The highest BCUT2D eigenvalue weighted by Crippen LogP contribution is 2.13. The lowest BCUT2D eigenvalue weighted by Gasteiger charge is -2.03. The number of hydrogen-bond donors (Lipinski definition) is 1. The molecule has 5 nitrogen and oxygen atoms in total. The van der Waals surface area contributed by atoms with Gasteiger partial charge >= 0.3 is 5.97 Å². The highest BCUT2D eigenvalue weighted by atomic mass is 19.2. The second-order valence-electron chi connectivity index (χ2n) is 4.72. The molecule has 0 aliphatic rings. The minimum Gasteiger partial charge on any atom is -0.481 e. The normalized spacial score (nSPS) is 10.8. The van der Waals surface area contributed by atoms with Gasteiger partial charge in [-0.15, -0.1) is 5.10 Å². The second kappa shape index (κ2) is 6.92. The van der Waals surface area contributed by atoms with Crippen molar-refractivity contribution in [3.63, 3.8) is 0 Å². The zero-order chi connectivity index (χ0) is 15.2. The molecule has 0 saturated carbocycles. The summed E-state index contributed by atoms with van der Waals surface area (Å²) in [5.74, 6) is -2.59. The van der Waals surface area contributed by atoms with Crippen molar-refractivity contribution in [2.45, 2.75) is 32.2 Å². The fourth-order valence-electron chi connectivity index (χ4n) is 1.96. The summed E-state index contributed by atoms with van der Waals surface area (Å²) in [5.41, 5.74) is 0.912. The average Bonchev–Trinajstić information content (AvgIpc) is 2.87. The number of rotatable bonds is 7. The number of carboxylic acids is 1. The van der Waals surface area contributed by atoms with Gasteiger partial charge in [-0.05, 0) is 25.3 Å². The van der Waals surface area contributed by atoms with Gasteiger partial charge in [-0.1, -0.05) is 17.3 Å². The molecule has 1 heterocycles. The van der Waals surface area contributed by atoms with Gasteiger partial charge < -0.3 is 5.11 Å². The summed E-state index contributed by atoms with van der Waals surface area (Å²) in [6, 6.07) is 4.00. The lowest BCUT2D eigenvalue weighted by molar-refractivity contribution is -0.137. The summed E-state index contributed by atoms with van der Waals surface area (Å²) in [4.78, 5) is 10.4. The first-order valence-corrected chi connectivity index (χ1v) is 6.60. The number of aliphatic carboxylic acids is 1. The van der Waals surface area contributed by atoms with E-state index in [4.69, 9.17) is 5.11 Å². The van der Waals surface area contributed by atoms with Crippen LogP contribution in [0.25, 0.3) is 0 Å². The molecular formula is C14H15F2N3O2. The summed E-state index contributed by atoms with van der Waals surface area (Å²) >= 11 is 0. The molecule has 112 valence electrons. The summed E-state index contributed by atoms with van der Waals surface area (Å²) in [6.45, 7) is 0.103. The largest absolute Gasteiger partial charge is 0.481 e. The van der Waals surface area contributed by atoms with Crippen LogP contribution in [0.5, 0.6) is 0 Å². The third-order valence-corrected chi connectivity index (χ3v) is 3.02. The van der Waals surface area contributed by atoms with E-state index >= 15 is 0 Å². The van der Waals surface area contributed by atoms with Crippen LogP contribution in [-0.2, 0) is 17.8 Å². The molecule has 0 aliphatic heterocycles. The molecule has 2 rings (SSSR count). The maximum absolute atomic E-state index is 13.5. The van der Waals surface area contributed by atoms with Crippen LogP contribution in [0.4, 0.5) is 8.78 Å². The van der Waals surface area contributed by atoms with Gasteiger partial charge in [-0.25, -0.2) is 13.5 Å². The minimum absolute atomic E-state index is 0.103. The van der Waals surface area contributed by atoms with Gasteiger partial charge in [0.2, 0.25) is 0 Å². The monoisotopic (exact) mass is 295 g/mol. The number of hydrogen-bond acceptors (Lipinski definition) is 3. The first-order chi connectivity index (χ1) is 10.1.